The number of hydrogen-bond acceptors (Lipinski definition) is 6. The summed E-state index contributed by atoms with van der Waals surface area (Å²) in [4.78, 5) is 19.5. The number of rotatable bonds is 4. The van der Waals surface area contributed by atoms with Gasteiger partial charge in [-0.1, -0.05) is 6.07 Å². The van der Waals surface area contributed by atoms with E-state index in [1.807, 2.05) is 24.8 Å². The van der Waals surface area contributed by atoms with Crippen LogP contribution in [0.3, 0.4) is 0 Å². The molecule has 0 saturated carbocycles. The summed E-state index contributed by atoms with van der Waals surface area (Å²) in [7, 11) is -3.61. The Balaban J connectivity index is 2.27. The van der Waals surface area contributed by atoms with Crippen molar-refractivity contribution in [1.29, 1.82) is 0 Å². The molecule has 1 aromatic heterocycles. The van der Waals surface area contributed by atoms with E-state index in [-0.39, 0.29) is 5.56 Å². The van der Waals surface area contributed by atoms with E-state index in [0.717, 1.165) is 24.9 Å². The van der Waals surface area contributed by atoms with Crippen LogP contribution in [0.2, 0.25) is 0 Å². The van der Waals surface area contributed by atoms with Gasteiger partial charge in [0.05, 0.1) is 17.2 Å². The van der Waals surface area contributed by atoms with Crippen molar-refractivity contribution in [3.05, 3.63) is 33.6 Å². The van der Waals surface area contributed by atoms with Gasteiger partial charge in [0.1, 0.15) is 6.10 Å². The third-order valence-corrected chi connectivity index (χ3v) is 4.87. The molecule has 0 aliphatic carbocycles. The van der Waals surface area contributed by atoms with Gasteiger partial charge in [-0.2, -0.15) is 8.42 Å². The topological polar surface area (TPSA) is 81.5 Å². The normalized spacial score (nSPS) is 15.8. The van der Waals surface area contributed by atoms with E-state index in [1.54, 1.807) is 17.6 Å². The molecule has 0 fully saturated rings. The van der Waals surface area contributed by atoms with Crippen molar-refractivity contribution in [2.75, 3.05) is 24.2 Å². The zero-order chi connectivity index (χ0) is 17.6. The van der Waals surface area contributed by atoms with Crippen LogP contribution in [0.4, 0.5) is 5.95 Å². The summed E-state index contributed by atoms with van der Waals surface area (Å²) in [6, 6.07) is 3.62. The lowest BCUT2D eigenvalue weighted by Crippen LogP contribution is -2.23. The van der Waals surface area contributed by atoms with Crippen molar-refractivity contribution < 1.29 is 12.6 Å². The monoisotopic (exact) mass is 351 g/mol. The Kier molecular flexibility index (Phi) is 4.13. The first kappa shape index (κ1) is 16.9. The van der Waals surface area contributed by atoms with Crippen molar-refractivity contribution in [2.45, 2.75) is 33.4 Å². The first-order valence-electron chi connectivity index (χ1n) is 7.89. The lowest BCUT2D eigenvalue weighted by atomic mass is 10.0. The largest absolute Gasteiger partial charge is 0.341 e. The Morgan fingerprint density at radius 2 is 2.04 bits per heavy atom. The highest BCUT2D eigenvalue weighted by atomic mass is 32.2. The Labute approximate surface area is 141 Å². The molecular weight excluding hydrogens is 330 g/mol. The molecule has 0 N–H and O–H groups in total. The highest BCUT2D eigenvalue weighted by molar-refractivity contribution is 7.86. The SMILES string of the molecule is CCN1CCn2c1nc1c(C(C)OS(C)(=O)=O)cc(C)cc1c2=O. The van der Waals surface area contributed by atoms with Crippen molar-refractivity contribution in [3.8, 4) is 0 Å². The molecule has 0 amide bonds. The molecule has 2 heterocycles. The van der Waals surface area contributed by atoms with Crippen LogP contribution in [-0.4, -0.2) is 37.3 Å². The number of hydrogen-bond donors (Lipinski definition) is 0. The fraction of sp³-hybridized carbons (Fsp3) is 0.500. The highest BCUT2D eigenvalue weighted by Crippen LogP contribution is 2.29. The van der Waals surface area contributed by atoms with Crippen LogP contribution in [0, 0.1) is 6.92 Å². The number of fused-ring (bicyclic) bond motifs is 2. The molecule has 0 radical (unpaired) electrons. The van der Waals surface area contributed by atoms with E-state index < -0.39 is 16.2 Å². The maximum atomic E-state index is 12.8. The Morgan fingerprint density at radius 1 is 1.33 bits per heavy atom. The second kappa shape index (κ2) is 5.86. The van der Waals surface area contributed by atoms with Crippen LogP contribution in [0.5, 0.6) is 0 Å². The van der Waals surface area contributed by atoms with Gasteiger partial charge in [0.2, 0.25) is 5.95 Å². The molecule has 1 unspecified atom stereocenters. The first-order chi connectivity index (χ1) is 11.2. The fourth-order valence-electron chi connectivity index (χ4n) is 3.18. The zero-order valence-electron chi connectivity index (χ0n) is 14.2. The average Bonchev–Trinajstić information content (AvgIpc) is 2.89. The molecular formula is C16H21N3O4S. The van der Waals surface area contributed by atoms with E-state index in [4.69, 9.17) is 4.18 Å². The summed E-state index contributed by atoms with van der Waals surface area (Å²) >= 11 is 0. The van der Waals surface area contributed by atoms with Gasteiger partial charge in [0.15, 0.2) is 0 Å². The van der Waals surface area contributed by atoms with Gasteiger partial charge in [0, 0.05) is 25.2 Å². The van der Waals surface area contributed by atoms with E-state index in [0.29, 0.717) is 29.0 Å². The van der Waals surface area contributed by atoms with Crippen LogP contribution in [0.15, 0.2) is 16.9 Å². The predicted molar refractivity (Wildman–Crippen MR) is 93.0 cm³/mol. The molecule has 7 nitrogen and oxygen atoms in total. The average molecular weight is 351 g/mol. The minimum Gasteiger partial charge on any atom is -0.341 e. The molecule has 1 aliphatic rings. The smallest absolute Gasteiger partial charge is 0.264 e. The van der Waals surface area contributed by atoms with Crippen LogP contribution in [0.1, 0.15) is 31.1 Å². The summed E-state index contributed by atoms with van der Waals surface area (Å²) in [6.07, 6.45) is 0.300. The maximum absolute atomic E-state index is 12.8. The van der Waals surface area contributed by atoms with Crippen molar-refractivity contribution in [3.63, 3.8) is 0 Å². The molecule has 0 bridgehead atoms. The summed E-state index contributed by atoms with van der Waals surface area (Å²) < 4.78 is 29.7. The third-order valence-electron chi connectivity index (χ3n) is 4.23. The van der Waals surface area contributed by atoms with Gasteiger partial charge in [-0.15, -0.1) is 0 Å². The van der Waals surface area contributed by atoms with Crippen LogP contribution in [0.25, 0.3) is 10.9 Å². The molecule has 130 valence electrons. The summed E-state index contributed by atoms with van der Waals surface area (Å²) in [5.41, 5.74) is 1.89. The quantitative estimate of drug-likeness (QED) is 0.778. The molecule has 1 aliphatic heterocycles. The third kappa shape index (κ3) is 2.91. The van der Waals surface area contributed by atoms with Gasteiger partial charge >= 0.3 is 0 Å². The number of aromatic nitrogens is 2. The minimum absolute atomic E-state index is 0.0949. The van der Waals surface area contributed by atoms with Gasteiger partial charge in [-0.3, -0.25) is 13.5 Å². The van der Waals surface area contributed by atoms with Gasteiger partial charge < -0.3 is 4.90 Å². The Hall–Kier alpha value is -1.93. The van der Waals surface area contributed by atoms with Crippen molar-refractivity contribution in [2.24, 2.45) is 0 Å². The number of likely N-dealkylation sites (N-methyl/N-ethyl adjacent to an activating group) is 1. The molecule has 8 heteroatoms. The summed E-state index contributed by atoms with van der Waals surface area (Å²) in [5.74, 6) is 0.631. The molecule has 0 spiro atoms. The molecule has 2 aromatic rings. The maximum Gasteiger partial charge on any atom is 0.264 e. The second-order valence-electron chi connectivity index (χ2n) is 6.14. The van der Waals surface area contributed by atoms with E-state index in [2.05, 4.69) is 4.98 Å². The number of anilines is 1. The first-order valence-corrected chi connectivity index (χ1v) is 9.71. The molecule has 24 heavy (non-hydrogen) atoms. The van der Waals surface area contributed by atoms with Crippen LogP contribution in [-0.2, 0) is 20.8 Å². The minimum atomic E-state index is -3.61. The molecule has 0 saturated heterocycles. The van der Waals surface area contributed by atoms with Crippen molar-refractivity contribution >= 4 is 27.0 Å². The van der Waals surface area contributed by atoms with Gasteiger partial charge in [-0.05, 0) is 32.4 Å². The standard InChI is InChI=1S/C16H21N3O4S/c1-5-18-6-7-19-15(20)13-9-10(2)8-12(14(13)17-16(18)19)11(3)23-24(4,21)22/h8-9,11H,5-7H2,1-4H3. The van der Waals surface area contributed by atoms with E-state index >= 15 is 0 Å². The number of aryl methyl sites for hydroxylation is 1. The lowest BCUT2D eigenvalue weighted by molar-refractivity contribution is 0.238. The van der Waals surface area contributed by atoms with Crippen LogP contribution >= 0.6 is 0 Å². The summed E-state index contributed by atoms with van der Waals surface area (Å²) in [6.45, 7) is 7.65. The summed E-state index contributed by atoms with van der Waals surface area (Å²) in [5, 5.41) is 0.496. The number of benzene rings is 1. The van der Waals surface area contributed by atoms with Gasteiger partial charge in [-0.25, -0.2) is 4.98 Å². The van der Waals surface area contributed by atoms with Gasteiger partial charge in [0.25, 0.3) is 15.7 Å². The van der Waals surface area contributed by atoms with Crippen molar-refractivity contribution in [1.82, 2.24) is 9.55 Å². The molecule has 1 aromatic carbocycles. The number of nitrogens with zero attached hydrogens (tertiary/aromatic N) is 3. The molecule has 1 atom stereocenters. The second-order valence-corrected chi connectivity index (χ2v) is 7.74. The zero-order valence-corrected chi connectivity index (χ0v) is 15.1. The predicted octanol–water partition coefficient (Wildman–Crippen LogP) is 1.58. The highest BCUT2D eigenvalue weighted by Gasteiger charge is 2.25. The van der Waals surface area contributed by atoms with E-state index in [9.17, 15) is 13.2 Å². The van der Waals surface area contributed by atoms with E-state index in [1.165, 1.54) is 0 Å². The Morgan fingerprint density at radius 3 is 2.67 bits per heavy atom. The molecule has 3 rings (SSSR count). The van der Waals surface area contributed by atoms with Crippen LogP contribution < -0.4 is 10.5 Å². The lowest BCUT2D eigenvalue weighted by Gasteiger charge is -2.18. The Bertz CT molecular complexity index is 965. The fourth-order valence-corrected chi connectivity index (χ4v) is 3.81.